The molecule has 0 unspecified atom stereocenters. The first-order chi connectivity index (χ1) is 15.6. The molecule has 0 saturated carbocycles. The second-order valence-electron chi connectivity index (χ2n) is 6.87. The minimum absolute atomic E-state index is 0.0400. The lowest BCUT2D eigenvalue weighted by atomic mass is 10.2. The van der Waals surface area contributed by atoms with E-state index in [0.29, 0.717) is 27.8 Å². The quantitative estimate of drug-likeness (QED) is 0.394. The summed E-state index contributed by atoms with van der Waals surface area (Å²) in [4.78, 5) is 25.4. The van der Waals surface area contributed by atoms with Crippen molar-refractivity contribution in [1.82, 2.24) is 19.4 Å². The topological polar surface area (TPSA) is 96.1 Å². The van der Waals surface area contributed by atoms with Gasteiger partial charge in [0.15, 0.2) is 0 Å². The second-order valence-corrected chi connectivity index (χ2v) is 7.28. The summed E-state index contributed by atoms with van der Waals surface area (Å²) in [6, 6.07) is 21.6. The highest BCUT2D eigenvalue weighted by molar-refractivity contribution is 6.32. The van der Waals surface area contributed by atoms with Gasteiger partial charge < -0.3 is 9.72 Å². The zero-order valence-corrected chi connectivity index (χ0v) is 17.2. The number of fused-ring (bicyclic) bond motifs is 2. The summed E-state index contributed by atoms with van der Waals surface area (Å²) < 4.78 is 7.32. The standard InChI is InChI=1S/C24H14ClN5O2/c25-17-7-1-4-10-20(17)32-23-16(24(31)30-12-6-5-11-21(30)29-23)13-15(14-26)22-27-18-8-2-3-9-19(18)28-22/h1-13H,(H,27,28)/b15-13+. The number of pyridine rings is 1. The largest absolute Gasteiger partial charge is 0.437 e. The van der Waals surface area contributed by atoms with Crippen molar-refractivity contribution < 1.29 is 4.74 Å². The first kappa shape index (κ1) is 19.5. The summed E-state index contributed by atoms with van der Waals surface area (Å²) in [6.07, 6.45) is 3.03. The number of nitrogens with zero attached hydrogens (tertiary/aromatic N) is 4. The van der Waals surface area contributed by atoms with Crippen LogP contribution in [0, 0.1) is 11.3 Å². The van der Waals surface area contributed by atoms with Gasteiger partial charge in [-0.2, -0.15) is 10.2 Å². The average Bonchev–Trinajstić information content (AvgIpc) is 3.24. The number of benzene rings is 2. The van der Waals surface area contributed by atoms with Crippen molar-refractivity contribution >= 4 is 39.9 Å². The van der Waals surface area contributed by atoms with Crippen LogP contribution in [0.2, 0.25) is 5.02 Å². The number of H-pyrrole nitrogens is 1. The van der Waals surface area contributed by atoms with E-state index in [1.807, 2.05) is 24.3 Å². The number of allylic oxidation sites excluding steroid dienone is 1. The van der Waals surface area contributed by atoms with E-state index in [1.54, 1.807) is 48.7 Å². The van der Waals surface area contributed by atoms with Crippen LogP contribution < -0.4 is 10.3 Å². The summed E-state index contributed by atoms with van der Waals surface area (Å²) in [5, 5.41) is 10.2. The first-order valence-electron chi connectivity index (χ1n) is 9.65. The Kier molecular flexibility index (Phi) is 4.90. The van der Waals surface area contributed by atoms with Gasteiger partial charge in [-0.3, -0.25) is 9.20 Å². The molecule has 154 valence electrons. The average molecular weight is 440 g/mol. The van der Waals surface area contributed by atoms with E-state index in [4.69, 9.17) is 16.3 Å². The zero-order valence-electron chi connectivity index (χ0n) is 16.5. The molecular formula is C24H14ClN5O2. The van der Waals surface area contributed by atoms with Crippen LogP contribution in [0.25, 0.3) is 28.3 Å². The van der Waals surface area contributed by atoms with Gasteiger partial charge in [0.2, 0.25) is 5.88 Å². The van der Waals surface area contributed by atoms with E-state index >= 15 is 0 Å². The van der Waals surface area contributed by atoms with Crippen LogP contribution >= 0.6 is 11.6 Å². The van der Waals surface area contributed by atoms with E-state index in [9.17, 15) is 10.1 Å². The Balaban J connectivity index is 1.72. The molecule has 0 aliphatic carbocycles. The highest BCUT2D eigenvalue weighted by atomic mass is 35.5. The third kappa shape index (κ3) is 3.49. The molecule has 0 aliphatic heterocycles. The first-order valence-corrected chi connectivity index (χ1v) is 10.0. The van der Waals surface area contributed by atoms with Gasteiger partial charge in [0, 0.05) is 6.20 Å². The highest BCUT2D eigenvalue weighted by Crippen LogP contribution is 2.30. The van der Waals surface area contributed by atoms with Crippen LogP contribution in [0.4, 0.5) is 0 Å². The number of ether oxygens (including phenoxy) is 1. The lowest BCUT2D eigenvalue weighted by Crippen LogP contribution is -2.18. The second kappa shape index (κ2) is 8.02. The number of hydrogen-bond donors (Lipinski definition) is 1. The Morgan fingerprint density at radius 1 is 1.06 bits per heavy atom. The van der Waals surface area contributed by atoms with E-state index in [0.717, 1.165) is 5.52 Å². The lowest BCUT2D eigenvalue weighted by Gasteiger charge is -2.11. The lowest BCUT2D eigenvalue weighted by molar-refractivity contribution is 0.461. The van der Waals surface area contributed by atoms with Crippen LogP contribution in [-0.4, -0.2) is 19.4 Å². The maximum Gasteiger partial charge on any atom is 0.269 e. The van der Waals surface area contributed by atoms with Crippen molar-refractivity contribution in [3.05, 3.63) is 99.7 Å². The van der Waals surface area contributed by atoms with Crippen molar-refractivity contribution in [1.29, 1.82) is 5.26 Å². The molecule has 8 heteroatoms. The molecule has 5 aromatic rings. The van der Waals surface area contributed by atoms with Crippen LogP contribution in [-0.2, 0) is 0 Å². The maximum absolute atomic E-state index is 13.3. The number of rotatable bonds is 4. The Hall–Kier alpha value is -4.41. The fourth-order valence-corrected chi connectivity index (χ4v) is 3.47. The number of halogens is 1. The third-order valence-corrected chi connectivity index (χ3v) is 5.14. The van der Waals surface area contributed by atoms with E-state index in [-0.39, 0.29) is 22.6 Å². The number of nitriles is 1. The molecule has 0 radical (unpaired) electrons. The molecule has 5 rings (SSSR count). The summed E-state index contributed by atoms with van der Waals surface area (Å²) in [5.41, 5.74) is 1.78. The van der Waals surface area contributed by atoms with Crippen molar-refractivity contribution in [2.75, 3.05) is 0 Å². The number of nitrogens with one attached hydrogen (secondary N) is 1. The van der Waals surface area contributed by atoms with Gasteiger partial charge in [-0.25, -0.2) is 4.98 Å². The normalized spacial score (nSPS) is 11.6. The summed E-state index contributed by atoms with van der Waals surface area (Å²) in [7, 11) is 0. The van der Waals surface area contributed by atoms with Crippen molar-refractivity contribution in [3.63, 3.8) is 0 Å². The van der Waals surface area contributed by atoms with Gasteiger partial charge in [-0.05, 0) is 42.5 Å². The van der Waals surface area contributed by atoms with Gasteiger partial charge in [-0.15, -0.1) is 0 Å². The fraction of sp³-hybridized carbons (Fsp3) is 0. The van der Waals surface area contributed by atoms with Crippen LogP contribution in [0.3, 0.4) is 0 Å². The fourth-order valence-electron chi connectivity index (χ4n) is 3.29. The highest BCUT2D eigenvalue weighted by Gasteiger charge is 2.17. The van der Waals surface area contributed by atoms with E-state index in [2.05, 4.69) is 21.0 Å². The summed E-state index contributed by atoms with van der Waals surface area (Å²) >= 11 is 6.24. The van der Waals surface area contributed by atoms with Crippen molar-refractivity contribution in [2.24, 2.45) is 0 Å². The molecule has 7 nitrogen and oxygen atoms in total. The predicted molar refractivity (Wildman–Crippen MR) is 123 cm³/mol. The van der Waals surface area contributed by atoms with Gasteiger partial charge >= 0.3 is 0 Å². The SMILES string of the molecule is N#C/C(=C\c1c(Oc2ccccc2Cl)nc2ccccn2c1=O)c1nc2ccccc2[nH]1. The molecule has 0 bridgehead atoms. The Morgan fingerprint density at radius 3 is 2.66 bits per heavy atom. The molecular weight excluding hydrogens is 426 g/mol. The predicted octanol–water partition coefficient (Wildman–Crippen LogP) is 5.08. The molecule has 3 heterocycles. The van der Waals surface area contributed by atoms with Crippen molar-refractivity contribution in [3.8, 4) is 17.7 Å². The number of imidazole rings is 1. The number of aromatic nitrogens is 4. The van der Waals surface area contributed by atoms with Crippen LogP contribution in [0.5, 0.6) is 11.6 Å². The van der Waals surface area contributed by atoms with Gasteiger partial charge in [0.25, 0.3) is 5.56 Å². The molecule has 2 aromatic carbocycles. The molecule has 0 saturated heterocycles. The number of hydrogen-bond acceptors (Lipinski definition) is 5. The molecule has 0 spiro atoms. The van der Waals surface area contributed by atoms with Gasteiger partial charge in [-0.1, -0.05) is 41.9 Å². The zero-order chi connectivity index (χ0) is 22.1. The Morgan fingerprint density at radius 2 is 1.84 bits per heavy atom. The third-order valence-electron chi connectivity index (χ3n) is 4.83. The Bertz CT molecular complexity index is 1580. The molecule has 0 fully saturated rings. The minimum atomic E-state index is -0.387. The number of aromatic amines is 1. The smallest absolute Gasteiger partial charge is 0.269 e. The van der Waals surface area contributed by atoms with Gasteiger partial charge in [0.05, 0.1) is 21.6 Å². The van der Waals surface area contributed by atoms with E-state index in [1.165, 1.54) is 10.5 Å². The van der Waals surface area contributed by atoms with Gasteiger partial charge in [0.1, 0.15) is 28.9 Å². The summed E-state index contributed by atoms with van der Waals surface area (Å²) in [6.45, 7) is 0. The van der Waals surface area contributed by atoms with Crippen LogP contribution in [0.15, 0.2) is 77.7 Å². The maximum atomic E-state index is 13.3. The van der Waals surface area contributed by atoms with Crippen molar-refractivity contribution in [2.45, 2.75) is 0 Å². The Labute approximate surface area is 186 Å². The monoisotopic (exact) mass is 439 g/mol. The molecule has 0 atom stereocenters. The summed E-state index contributed by atoms with van der Waals surface area (Å²) in [5.74, 6) is 0.728. The van der Waals surface area contributed by atoms with Crippen LogP contribution in [0.1, 0.15) is 11.4 Å². The molecule has 0 amide bonds. The van der Waals surface area contributed by atoms with E-state index < -0.39 is 0 Å². The minimum Gasteiger partial charge on any atom is -0.437 e. The molecule has 3 aromatic heterocycles. The molecule has 32 heavy (non-hydrogen) atoms. The number of para-hydroxylation sites is 3. The molecule has 0 aliphatic rings. The molecule has 1 N–H and O–H groups in total.